The Hall–Kier alpha value is -2.03. The molecule has 1 aromatic rings. The van der Waals surface area contributed by atoms with Crippen LogP contribution in [0.25, 0.3) is 0 Å². The van der Waals surface area contributed by atoms with Crippen LogP contribution in [0.5, 0.6) is 0 Å². The summed E-state index contributed by atoms with van der Waals surface area (Å²) >= 11 is 0. The highest BCUT2D eigenvalue weighted by atomic mass is 16.2. The molecule has 0 radical (unpaired) electrons. The number of carbonyl (C=O) groups excluding carboxylic acids is 1. The van der Waals surface area contributed by atoms with E-state index < -0.39 is 0 Å². The molecule has 6 heteroatoms. The van der Waals surface area contributed by atoms with E-state index in [1.807, 2.05) is 0 Å². The molecule has 6 nitrogen and oxygen atoms in total. The molecule has 1 saturated carbocycles. The molecule has 0 spiro atoms. The zero-order valence-electron chi connectivity index (χ0n) is 11.9. The number of H-pyrrole nitrogens is 1. The molecule has 1 aliphatic rings. The van der Waals surface area contributed by atoms with Crippen molar-refractivity contribution in [2.75, 3.05) is 0 Å². The Morgan fingerprint density at radius 1 is 1.50 bits per heavy atom. The zero-order valence-corrected chi connectivity index (χ0v) is 11.9. The Balaban J connectivity index is 2.06. The average Bonchev–Trinajstić information content (AvgIpc) is 2.73. The summed E-state index contributed by atoms with van der Waals surface area (Å²) in [5.74, 6) is 5.95. The predicted molar refractivity (Wildman–Crippen MR) is 74.9 cm³/mol. The van der Waals surface area contributed by atoms with Crippen molar-refractivity contribution in [3.05, 3.63) is 16.3 Å². The summed E-state index contributed by atoms with van der Waals surface area (Å²) < 4.78 is 1.53. The van der Waals surface area contributed by atoms with Gasteiger partial charge in [0.25, 0.3) is 5.91 Å². The van der Waals surface area contributed by atoms with E-state index in [1.165, 1.54) is 4.57 Å². The molecule has 1 heterocycles. The quantitative estimate of drug-likeness (QED) is 0.782. The van der Waals surface area contributed by atoms with Crippen LogP contribution >= 0.6 is 0 Å². The number of nitrogens with one attached hydrogen (secondary N) is 2. The molecule has 2 N–H and O–H groups in total. The van der Waals surface area contributed by atoms with Gasteiger partial charge >= 0.3 is 5.69 Å². The second-order valence-corrected chi connectivity index (χ2v) is 5.21. The first-order chi connectivity index (χ1) is 9.61. The summed E-state index contributed by atoms with van der Waals surface area (Å²) in [5, 5.41) is 9.47. The number of rotatable bonds is 3. The number of aromatic nitrogens is 3. The molecule has 2 atom stereocenters. The fourth-order valence-corrected chi connectivity index (χ4v) is 2.76. The predicted octanol–water partition coefficient (Wildman–Crippen LogP) is 0.349. The van der Waals surface area contributed by atoms with E-state index in [4.69, 9.17) is 0 Å². The van der Waals surface area contributed by atoms with E-state index in [2.05, 4.69) is 27.4 Å². The lowest BCUT2D eigenvalue weighted by atomic mass is 9.82. The highest BCUT2D eigenvalue weighted by molar-refractivity contribution is 5.93. The molecule has 0 bridgehead atoms. The van der Waals surface area contributed by atoms with E-state index in [0.29, 0.717) is 12.3 Å². The van der Waals surface area contributed by atoms with Crippen molar-refractivity contribution in [2.45, 2.75) is 45.1 Å². The summed E-state index contributed by atoms with van der Waals surface area (Å²) in [6.45, 7) is 1.65. The van der Waals surface area contributed by atoms with Gasteiger partial charge in [0.2, 0.25) is 0 Å². The first kappa shape index (κ1) is 14.4. The van der Waals surface area contributed by atoms with Crippen molar-refractivity contribution >= 4 is 5.91 Å². The van der Waals surface area contributed by atoms with Crippen LogP contribution in [-0.2, 0) is 18.3 Å². The number of hydrogen-bond acceptors (Lipinski definition) is 3. The molecule has 0 saturated heterocycles. The van der Waals surface area contributed by atoms with Crippen molar-refractivity contribution in [2.24, 2.45) is 13.0 Å². The molecular formula is C14H20N4O2. The molecule has 1 amide bonds. The molecule has 108 valence electrons. The van der Waals surface area contributed by atoms with Crippen molar-refractivity contribution in [1.82, 2.24) is 20.1 Å². The minimum absolute atomic E-state index is 0.115. The number of amides is 1. The van der Waals surface area contributed by atoms with Crippen molar-refractivity contribution in [3.63, 3.8) is 0 Å². The molecule has 1 fully saturated rings. The molecule has 1 aromatic heterocycles. The molecule has 2 rings (SSSR count). The van der Waals surface area contributed by atoms with E-state index in [0.717, 1.165) is 31.5 Å². The van der Waals surface area contributed by atoms with Crippen LogP contribution < -0.4 is 11.0 Å². The largest absolute Gasteiger partial charge is 0.343 e. The van der Waals surface area contributed by atoms with Gasteiger partial charge < -0.3 is 5.32 Å². The maximum atomic E-state index is 11.6. The maximum Gasteiger partial charge on any atom is 0.343 e. The molecule has 20 heavy (non-hydrogen) atoms. The highest BCUT2D eigenvalue weighted by Gasteiger charge is 2.27. The van der Waals surface area contributed by atoms with Crippen LogP contribution in [0.2, 0.25) is 0 Å². The van der Waals surface area contributed by atoms with Crippen molar-refractivity contribution in [3.8, 4) is 11.8 Å². The van der Waals surface area contributed by atoms with Crippen LogP contribution in [0.3, 0.4) is 0 Å². The molecule has 1 aliphatic carbocycles. The minimum atomic E-state index is -0.222. The van der Waals surface area contributed by atoms with Crippen molar-refractivity contribution in [1.29, 1.82) is 0 Å². The fourth-order valence-electron chi connectivity index (χ4n) is 2.76. The van der Waals surface area contributed by atoms with Crippen molar-refractivity contribution < 1.29 is 4.79 Å². The summed E-state index contributed by atoms with van der Waals surface area (Å²) in [6.07, 6.45) is 4.95. The van der Waals surface area contributed by atoms with E-state index >= 15 is 0 Å². The zero-order chi connectivity index (χ0) is 14.5. The van der Waals surface area contributed by atoms with E-state index in [-0.39, 0.29) is 17.6 Å². The summed E-state index contributed by atoms with van der Waals surface area (Å²) in [4.78, 5) is 23.0. The minimum Gasteiger partial charge on any atom is -0.342 e. The maximum absolute atomic E-state index is 11.6. The SMILES string of the molecule is CC#CC(=O)N[C@@H]1CCCC[C@@H]1Cc1n[nH]c(=O)n1C. The normalized spacial score (nSPS) is 21.9. The second kappa shape index (κ2) is 6.42. The number of hydrogen-bond donors (Lipinski definition) is 2. The monoisotopic (exact) mass is 276 g/mol. The Labute approximate surface area is 118 Å². The average molecular weight is 276 g/mol. The summed E-state index contributed by atoms with van der Waals surface area (Å²) in [6, 6.07) is 0.115. The second-order valence-electron chi connectivity index (χ2n) is 5.21. The smallest absolute Gasteiger partial charge is 0.342 e. The Kier molecular flexibility index (Phi) is 4.61. The van der Waals surface area contributed by atoms with Gasteiger partial charge in [0.05, 0.1) is 0 Å². The van der Waals surface area contributed by atoms with Crippen LogP contribution in [0.15, 0.2) is 4.79 Å². The van der Waals surface area contributed by atoms with E-state index in [1.54, 1.807) is 14.0 Å². The van der Waals surface area contributed by atoms with Gasteiger partial charge in [0, 0.05) is 19.5 Å². The van der Waals surface area contributed by atoms with Gasteiger partial charge in [0.1, 0.15) is 5.82 Å². The first-order valence-electron chi connectivity index (χ1n) is 6.95. The van der Waals surface area contributed by atoms with Crippen LogP contribution in [0.1, 0.15) is 38.4 Å². The number of nitrogens with zero attached hydrogens (tertiary/aromatic N) is 2. The number of carbonyl (C=O) groups is 1. The van der Waals surface area contributed by atoms with Gasteiger partial charge in [-0.2, -0.15) is 5.10 Å². The topological polar surface area (TPSA) is 79.8 Å². The van der Waals surface area contributed by atoms with E-state index in [9.17, 15) is 9.59 Å². The third-order valence-electron chi connectivity index (χ3n) is 3.88. The third-order valence-corrected chi connectivity index (χ3v) is 3.88. The Morgan fingerprint density at radius 3 is 2.90 bits per heavy atom. The summed E-state index contributed by atoms with van der Waals surface area (Å²) in [7, 11) is 1.71. The molecule has 0 aromatic carbocycles. The lowest BCUT2D eigenvalue weighted by molar-refractivity contribution is -0.116. The van der Waals surface area contributed by atoms with Gasteiger partial charge in [-0.15, -0.1) is 0 Å². The molecule has 0 unspecified atom stereocenters. The Morgan fingerprint density at radius 2 is 2.25 bits per heavy atom. The molecular weight excluding hydrogens is 256 g/mol. The standard InChI is InChI=1S/C14H20N4O2/c1-3-6-13(19)15-11-8-5-4-7-10(11)9-12-16-17-14(20)18(12)2/h10-11H,4-5,7-9H2,1-2H3,(H,15,19)(H,17,20)/t10-,11-/m1/s1. The van der Waals surface area contributed by atoms with Crippen LogP contribution in [0, 0.1) is 17.8 Å². The van der Waals surface area contributed by atoms with Crippen LogP contribution in [0.4, 0.5) is 0 Å². The Bertz CT molecular complexity index is 590. The lowest BCUT2D eigenvalue weighted by Gasteiger charge is -2.31. The lowest BCUT2D eigenvalue weighted by Crippen LogP contribution is -2.42. The highest BCUT2D eigenvalue weighted by Crippen LogP contribution is 2.26. The van der Waals surface area contributed by atoms with Gasteiger partial charge in [-0.1, -0.05) is 18.8 Å². The third kappa shape index (κ3) is 3.29. The van der Waals surface area contributed by atoms with Gasteiger partial charge in [0.15, 0.2) is 0 Å². The molecule has 0 aliphatic heterocycles. The number of aromatic amines is 1. The van der Waals surface area contributed by atoms with Gasteiger partial charge in [-0.25, -0.2) is 9.89 Å². The fraction of sp³-hybridized carbons (Fsp3) is 0.643. The van der Waals surface area contributed by atoms with Gasteiger partial charge in [-0.3, -0.25) is 9.36 Å². The summed E-state index contributed by atoms with van der Waals surface area (Å²) in [5.41, 5.74) is -0.201. The first-order valence-corrected chi connectivity index (χ1v) is 6.95. The van der Waals surface area contributed by atoms with Gasteiger partial charge in [-0.05, 0) is 31.6 Å². The van der Waals surface area contributed by atoms with Crippen LogP contribution in [-0.4, -0.2) is 26.7 Å².